The van der Waals surface area contributed by atoms with Crippen LogP contribution in [0.25, 0.3) is 11.0 Å². The van der Waals surface area contributed by atoms with E-state index in [-0.39, 0.29) is 0 Å². The van der Waals surface area contributed by atoms with Crippen LogP contribution in [0.5, 0.6) is 0 Å². The number of hydrogen-bond acceptors (Lipinski definition) is 6. The number of aryl methyl sites for hydroxylation is 1. The van der Waals surface area contributed by atoms with Gasteiger partial charge in [0.05, 0.1) is 11.6 Å². The summed E-state index contributed by atoms with van der Waals surface area (Å²) in [7, 11) is 1.87. The van der Waals surface area contributed by atoms with E-state index in [4.69, 9.17) is 4.74 Å². The van der Waals surface area contributed by atoms with Gasteiger partial charge in [-0.25, -0.2) is 9.97 Å². The number of aromatic nitrogens is 4. The van der Waals surface area contributed by atoms with Crippen molar-refractivity contribution in [3.05, 3.63) is 12.5 Å². The van der Waals surface area contributed by atoms with Crippen molar-refractivity contribution in [2.75, 3.05) is 44.7 Å². The summed E-state index contributed by atoms with van der Waals surface area (Å²) in [4.78, 5) is 13.1. The van der Waals surface area contributed by atoms with Crippen molar-refractivity contribution < 1.29 is 4.74 Å². The minimum absolute atomic E-state index is 0.572. The molecule has 9 heteroatoms. The molecule has 0 amide bonds. The van der Waals surface area contributed by atoms with Gasteiger partial charge in [0.2, 0.25) is 0 Å². The van der Waals surface area contributed by atoms with Gasteiger partial charge in [0.25, 0.3) is 0 Å². The molecule has 2 aromatic heterocycles. The summed E-state index contributed by atoms with van der Waals surface area (Å²) in [6, 6.07) is 0. The second-order valence-corrected chi connectivity index (χ2v) is 6.66. The Balaban J connectivity index is 1.72. The second kappa shape index (κ2) is 11.3. The molecule has 27 heavy (non-hydrogen) atoms. The summed E-state index contributed by atoms with van der Waals surface area (Å²) in [6.07, 6.45) is 4.24. The van der Waals surface area contributed by atoms with Crippen molar-refractivity contribution >= 4 is 22.8 Å². The van der Waals surface area contributed by atoms with E-state index in [1.807, 2.05) is 7.05 Å². The number of rotatable bonds is 11. The Kier molecular flexibility index (Phi) is 8.76. The van der Waals surface area contributed by atoms with Gasteiger partial charge in [-0.3, -0.25) is 9.67 Å². The molecule has 0 aliphatic heterocycles. The van der Waals surface area contributed by atoms with Gasteiger partial charge in [0.1, 0.15) is 12.1 Å². The average molecular weight is 377 g/mol. The van der Waals surface area contributed by atoms with E-state index >= 15 is 0 Å². The fourth-order valence-electron chi connectivity index (χ4n) is 2.48. The molecule has 0 fully saturated rings. The summed E-state index contributed by atoms with van der Waals surface area (Å²) in [6.45, 7) is 10.9. The Morgan fingerprint density at radius 3 is 2.89 bits per heavy atom. The van der Waals surface area contributed by atoms with Crippen molar-refractivity contribution in [3.8, 4) is 0 Å². The third-order valence-electron chi connectivity index (χ3n) is 3.75. The summed E-state index contributed by atoms with van der Waals surface area (Å²) in [5, 5.41) is 15.0. The van der Waals surface area contributed by atoms with Crippen molar-refractivity contribution in [2.45, 2.75) is 27.2 Å². The second-order valence-electron chi connectivity index (χ2n) is 6.66. The Labute approximate surface area is 161 Å². The topological polar surface area (TPSA) is 101 Å². The zero-order chi connectivity index (χ0) is 19.5. The molecule has 0 radical (unpaired) electrons. The highest BCUT2D eigenvalue weighted by molar-refractivity contribution is 5.86. The van der Waals surface area contributed by atoms with E-state index < -0.39 is 0 Å². The molecule has 0 unspecified atom stereocenters. The van der Waals surface area contributed by atoms with E-state index in [9.17, 15) is 0 Å². The first kappa shape index (κ1) is 20.9. The van der Waals surface area contributed by atoms with Crippen molar-refractivity contribution in [2.24, 2.45) is 18.0 Å². The number of guanidine groups is 1. The van der Waals surface area contributed by atoms with Gasteiger partial charge in [-0.2, -0.15) is 5.10 Å². The minimum Gasteiger partial charge on any atom is -0.381 e. The minimum atomic E-state index is 0.572. The first-order valence-electron chi connectivity index (χ1n) is 9.58. The Morgan fingerprint density at radius 1 is 1.26 bits per heavy atom. The molecule has 9 nitrogen and oxygen atoms in total. The van der Waals surface area contributed by atoms with Crippen LogP contribution >= 0.6 is 0 Å². The lowest BCUT2D eigenvalue weighted by molar-refractivity contribution is 0.109. The first-order chi connectivity index (χ1) is 13.1. The molecular weight excluding hydrogens is 344 g/mol. The van der Waals surface area contributed by atoms with Crippen LogP contribution in [0.2, 0.25) is 0 Å². The highest BCUT2D eigenvalue weighted by Crippen LogP contribution is 2.16. The molecule has 0 bridgehead atoms. The van der Waals surface area contributed by atoms with Gasteiger partial charge in [-0.05, 0) is 19.3 Å². The Hall–Kier alpha value is -2.42. The fourth-order valence-corrected chi connectivity index (χ4v) is 2.48. The van der Waals surface area contributed by atoms with Gasteiger partial charge in [-0.15, -0.1) is 0 Å². The molecule has 0 aromatic carbocycles. The molecule has 2 aromatic rings. The molecule has 2 heterocycles. The molecule has 0 aliphatic rings. The van der Waals surface area contributed by atoms with E-state index in [1.54, 1.807) is 17.2 Å². The highest BCUT2D eigenvalue weighted by Gasteiger charge is 2.07. The van der Waals surface area contributed by atoms with Gasteiger partial charge < -0.3 is 20.7 Å². The molecule has 0 atom stereocenters. The molecule has 150 valence electrons. The van der Waals surface area contributed by atoms with Crippen LogP contribution < -0.4 is 16.0 Å². The largest absolute Gasteiger partial charge is 0.381 e. The van der Waals surface area contributed by atoms with Crippen LogP contribution in [0, 0.1) is 5.92 Å². The molecule has 0 saturated carbocycles. The predicted octanol–water partition coefficient (Wildman–Crippen LogP) is 1.39. The van der Waals surface area contributed by atoms with Crippen LogP contribution in [-0.2, 0) is 11.8 Å². The lowest BCUT2D eigenvalue weighted by atomic mass is 10.2. The Morgan fingerprint density at radius 2 is 2.11 bits per heavy atom. The fraction of sp³-hybridized carbons (Fsp3) is 0.667. The number of fused-ring (bicyclic) bond motifs is 1. The van der Waals surface area contributed by atoms with Crippen LogP contribution in [-0.4, -0.2) is 65.1 Å². The third kappa shape index (κ3) is 7.01. The van der Waals surface area contributed by atoms with Crippen LogP contribution in [0.4, 0.5) is 5.82 Å². The maximum absolute atomic E-state index is 5.58. The quantitative estimate of drug-likeness (QED) is 0.309. The van der Waals surface area contributed by atoms with Crippen LogP contribution in [0.3, 0.4) is 0 Å². The van der Waals surface area contributed by atoms with Gasteiger partial charge in [-0.1, -0.05) is 13.8 Å². The molecule has 2 rings (SSSR count). The van der Waals surface area contributed by atoms with Crippen molar-refractivity contribution in [3.63, 3.8) is 0 Å². The van der Waals surface area contributed by atoms with Crippen LogP contribution in [0.15, 0.2) is 17.5 Å². The average Bonchev–Trinajstić information content (AvgIpc) is 3.03. The molecule has 3 N–H and O–H groups in total. The van der Waals surface area contributed by atoms with E-state index in [0.29, 0.717) is 12.5 Å². The molecule has 0 aliphatic carbocycles. The monoisotopic (exact) mass is 376 g/mol. The Bertz CT molecular complexity index is 712. The van der Waals surface area contributed by atoms with E-state index in [0.717, 1.165) is 62.1 Å². The number of nitrogens with one attached hydrogen (secondary N) is 3. The third-order valence-corrected chi connectivity index (χ3v) is 3.75. The SMILES string of the molecule is CCNC(=NCCCOCC(C)C)NCCNc1ncnc2c1cnn2C. The lowest BCUT2D eigenvalue weighted by Crippen LogP contribution is -2.39. The number of hydrogen-bond donors (Lipinski definition) is 3. The van der Waals surface area contributed by atoms with E-state index in [2.05, 4.69) is 56.8 Å². The molecule has 0 spiro atoms. The highest BCUT2D eigenvalue weighted by atomic mass is 16.5. The van der Waals surface area contributed by atoms with Gasteiger partial charge in [0, 0.05) is 46.4 Å². The van der Waals surface area contributed by atoms with Crippen molar-refractivity contribution in [1.29, 1.82) is 0 Å². The van der Waals surface area contributed by atoms with Gasteiger partial charge >= 0.3 is 0 Å². The normalized spacial score (nSPS) is 12.0. The zero-order valence-electron chi connectivity index (χ0n) is 16.8. The predicted molar refractivity (Wildman–Crippen MR) is 109 cm³/mol. The molecular formula is C18H32N8O. The molecule has 0 saturated heterocycles. The van der Waals surface area contributed by atoms with E-state index in [1.165, 1.54) is 0 Å². The zero-order valence-corrected chi connectivity index (χ0v) is 16.8. The van der Waals surface area contributed by atoms with Crippen LogP contribution in [0.1, 0.15) is 27.2 Å². The number of aliphatic imine (C=N–C) groups is 1. The van der Waals surface area contributed by atoms with Gasteiger partial charge in [0.15, 0.2) is 11.6 Å². The summed E-state index contributed by atoms with van der Waals surface area (Å²) >= 11 is 0. The number of ether oxygens (including phenoxy) is 1. The summed E-state index contributed by atoms with van der Waals surface area (Å²) in [5.74, 6) is 2.18. The maximum Gasteiger partial charge on any atom is 0.191 e. The first-order valence-corrected chi connectivity index (χ1v) is 9.58. The standard InChI is InChI=1S/C18H32N8O/c1-5-19-18(21-7-6-10-27-12-14(2)3)22-9-8-20-16-15-11-25-26(4)17(15)24-13-23-16/h11,13-14H,5-10,12H2,1-4H3,(H2,19,21,22)(H,20,23,24). The number of nitrogens with zero attached hydrogens (tertiary/aromatic N) is 5. The maximum atomic E-state index is 5.58. The smallest absolute Gasteiger partial charge is 0.191 e. The lowest BCUT2D eigenvalue weighted by Gasteiger charge is -2.12. The summed E-state index contributed by atoms with van der Waals surface area (Å²) < 4.78 is 7.32. The number of anilines is 1. The summed E-state index contributed by atoms with van der Waals surface area (Å²) in [5.41, 5.74) is 0.815. The van der Waals surface area contributed by atoms with Crippen molar-refractivity contribution in [1.82, 2.24) is 30.4 Å².